The number of aliphatic hydroxyl groups is 1. The smallest absolute Gasteiger partial charge is 0.118 e. The average molecular weight is 222 g/mol. The molecule has 1 heterocycles. The number of rotatable bonds is 2. The zero-order valence-electron chi connectivity index (χ0n) is 9.77. The van der Waals surface area contributed by atoms with Gasteiger partial charge in [-0.2, -0.15) is 0 Å². The van der Waals surface area contributed by atoms with E-state index in [4.69, 9.17) is 9.47 Å². The molecule has 2 unspecified atom stereocenters. The van der Waals surface area contributed by atoms with Crippen LogP contribution in [0, 0.1) is 0 Å². The Morgan fingerprint density at radius 3 is 2.62 bits per heavy atom. The zero-order valence-corrected chi connectivity index (χ0v) is 9.77. The summed E-state index contributed by atoms with van der Waals surface area (Å²) in [5.74, 6) is 0.837. The Labute approximate surface area is 96.0 Å². The van der Waals surface area contributed by atoms with Crippen LogP contribution < -0.4 is 4.74 Å². The number of hydrogen-bond acceptors (Lipinski definition) is 3. The van der Waals surface area contributed by atoms with Crippen LogP contribution in [0.5, 0.6) is 5.75 Å². The van der Waals surface area contributed by atoms with Crippen LogP contribution in [0.4, 0.5) is 0 Å². The Morgan fingerprint density at radius 1 is 1.38 bits per heavy atom. The lowest BCUT2D eigenvalue weighted by Gasteiger charge is -2.36. The van der Waals surface area contributed by atoms with Gasteiger partial charge in [-0.3, -0.25) is 0 Å². The monoisotopic (exact) mass is 222 g/mol. The van der Waals surface area contributed by atoms with Gasteiger partial charge in [0.15, 0.2) is 0 Å². The van der Waals surface area contributed by atoms with Crippen LogP contribution in [-0.4, -0.2) is 24.9 Å². The van der Waals surface area contributed by atoms with E-state index in [0.29, 0.717) is 13.0 Å². The Hall–Kier alpha value is -1.06. The summed E-state index contributed by atoms with van der Waals surface area (Å²) in [6, 6.07) is 7.84. The molecule has 16 heavy (non-hydrogen) atoms. The van der Waals surface area contributed by atoms with Crippen LogP contribution >= 0.6 is 0 Å². The molecule has 3 heteroatoms. The van der Waals surface area contributed by atoms with Gasteiger partial charge in [-0.15, -0.1) is 0 Å². The number of methoxy groups -OCH3 is 1. The Balaban J connectivity index is 2.20. The number of benzene rings is 1. The highest BCUT2D eigenvalue weighted by molar-refractivity contribution is 5.31. The second-order valence-electron chi connectivity index (χ2n) is 4.45. The summed E-state index contributed by atoms with van der Waals surface area (Å²) in [6.45, 7) is 2.64. The first-order valence-corrected chi connectivity index (χ1v) is 5.60. The Kier molecular flexibility index (Phi) is 3.17. The van der Waals surface area contributed by atoms with Gasteiger partial charge in [-0.05, 0) is 31.0 Å². The molecule has 1 aliphatic heterocycles. The van der Waals surface area contributed by atoms with E-state index in [9.17, 15) is 5.11 Å². The van der Waals surface area contributed by atoms with Crippen molar-refractivity contribution in [3.05, 3.63) is 29.8 Å². The molecule has 1 aromatic carbocycles. The third-order valence-electron chi connectivity index (χ3n) is 3.20. The summed E-state index contributed by atoms with van der Waals surface area (Å²) in [5.41, 5.74) is 0.719. The van der Waals surface area contributed by atoms with E-state index >= 15 is 0 Å². The minimum Gasteiger partial charge on any atom is -0.497 e. The van der Waals surface area contributed by atoms with Gasteiger partial charge in [0.25, 0.3) is 0 Å². The van der Waals surface area contributed by atoms with Crippen LogP contribution in [0.1, 0.15) is 25.3 Å². The molecule has 2 rings (SSSR count). The van der Waals surface area contributed by atoms with Crippen molar-refractivity contribution in [2.45, 2.75) is 31.5 Å². The molecule has 0 radical (unpaired) electrons. The quantitative estimate of drug-likeness (QED) is 0.832. The van der Waals surface area contributed by atoms with E-state index < -0.39 is 0 Å². The SMILES string of the molecule is COc1ccc(C2(C)CC(O)CCO2)cc1. The molecule has 1 saturated heterocycles. The van der Waals surface area contributed by atoms with Crippen molar-refractivity contribution in [3.63, 3.8) is 0 Å². The van der Waals surface area contributed by atoms with Crippen molar-refractivity contribution in [2.75, 3.05) is 13.7 Å². The fraction of sp³-hybridized carbons (Fsp3) is 0.538. The first-order valence-electron chi connectivity index (χ1n) is 5.60. The molecule has 0 aliphatic carbocycles. The normalized spacial score (nSPS) is 30.1. The summed E-state index contributed by atoms with van der Waals surface area (Å²) in [4.78, 5) is 0. The fourth-order valence-electron chi connectivity index (χ4n) is 2.18. The highest BCUT2D eigenvalue weighted by atomic mass is 16.5. The van der Waals surface area contributed by atoms with Gasteiger partial charge in [0.2, 0.25) is 0 Å². The fourth-order valence-corrected chi connectivity index (χ4v) is 2.18. The van der Waals surface area contributed by atoms with Gasteiger partial charge in [-0.25, -0.2) is 0 Å². The molecule has 0 bridgehead atoms. The van der Waals surface area contributed by atoms with E-state index in [1.165, 1.54) is 0 Å². The van der Waals surface area contributed by atoms with Crippen LogP contribution in [-0.2, 0) is 10.3 Å². The second-order valence-corrected chi connectivity index (χ2v) is 4.45. The number of hydrogen-bond donors (Lipinski definition) is 1. The molecule has 0 spiro atoms. The van der Waals surface area contributed by atoms with Crippen molar-refractivity contribution >= 4 is 0 Å². The van der Waals surface area contributed by atoms with Crippen LogP contribution in [0.15, 0.2) is 24.3 Å². The summed E-state index contributed by atoms with van der Waals surface area (Å²) in [5, 5.41) is 9.70. The third kappa shape index (κ3) is 2.20. The van der Waals surface area contributed by atoms with E-state index in [0.717, 1.165) is 17.7 Å². The lowest BCUT2D eigenvalue weighted by molar-refractivity contribution is -0.112. The number of ether oxygens (including phenoxy) is 2. The largest absolute Gasteiger partial charge is 0.497 e. The molecule has 88 valence electrons. The molecular formula is C13H18O3. The molecule has 0 amide bonds. The molecule has 3 nitrogen and oxygen atoms in total. The Morgan fingerprint density at radius 2 is 2.06 bits per heavy atom. The summed E-state index contributed by atoms with van der Waals surface area (Å²) >= 11 is 0. The summed E-state index contributed by atoms with van der Waals surface area (Å²) in [7, 11) is 1.65. The van der Waals surface area contributed by atoms with Gasteiger partial charge in [-0.1, -0.05) is 12.1 Å². The first-order chi connectivity index (χ1) is 7.64. The van der Waals surface area contributed by atoms with Crippen LogP contribution in [0.2, 0.25) is 0 Å². The van der Waals surface area contributed by atoms with Gasteiger partial charge >= 0.3 is 0 Å². The molecule has 0 aromatic heterocycles. The third-order valence-corrected chi connectivity index (χ3v) is 3.20. The predicted molar refractivity (Wildman–Crippen MR) is 61.5 cm³/mol. The van der Waals surface area contributed by atoms with E-state index in [-0.39, 0.29) is 11.7 Å². The average Bonchev–Trinajstić information content (AvgIpc) is 2.29. The molecule has 1 N–H and O–H groups in total. The lowest BCUT2D eigenvalue weighted by atomic mass is 9.87. The molecular weight excluding hydrogens is 204 g/mol. The van der Waals surface area contributed by atoms with Gasteiger partial charge in [0.05, 0.1) is 25.4 Å². The maximum atomic E-state index is 9.70. The minimum atomic E-state index is -0.371. The molecule has 0 saturated carbocycles. The van der Waals surface area contributed by atoms with Crippen molar-refractivity contribution in [2.24, 2.45) is 0 Å². The lowest BCUT2D eigenvalue weighted by Crippen LogP contribution is -2.36. The minimum absolute atomic E-state index is 0.263. The van der Waals surface area contributed by atoms with Crippen LogP contribution in [0.25, 0.3) is 0 Å². The van der Waals surface area contributed by atoms with Crippen LogP contribution in [0.3, 0.4) is 0 Å². The van der Waals surface area contributed by atoms with Gasteiger partial charge < -0.3 is 14.6 Å². The zero-order chi connectivity index (χ0) is 11.6. The van der Waals surface area contributed by atoms with Crippen molar-refractivity contribution in [1.82, 2.24) is 0 Å². The van der Waals surface area contributed by atoms with Gasteiger partial charge in [0.1, 0.15) is 5.75 Å². The maximum absolute atomic E-state index is 9.70. The summed E-state index contributed by atoms with van der Waals surface area (Å²) in [6.07, 6.45) is 1.12. The van der Waals surface area contributed by atoms with E-state index in [1.807, 2.05) is 31.2 Å². The molecule has 1 fully saturated rings. The van der Waals surface area contributed by atoms with E-state index in [2.05, 4.69) is 0 Å². The van der Waals surface area contributed by atoms with E-state index in [1.54, 1.807) is 7.11 Å². The van der Waals surface area contributed by atoms with Gasteiger partial charge in [0, 0.05) is 6.42 Å². The first kappa shape index (κ1) is 11.4. The highest BCUT2D eigenvalue weighted by Gasteiger charge is 2.34. The van der Waals surface area contributed by atoms with Crippen molar-refractivity contribution < 1.29 is 14.6 Å². The molecule has 2 atom stereocenters. The maximum Gasteiger partial charge on any atom is 0.118 e. The topological polar surface area (TPSA) is 38.7 Å². The van der Waals surface area contributed by atoms with Crippen molar-refractivity contribution in [3.8, 4) is 5.75 Å². The molecule has 1 aromatic rings. The standard InChI is InChI=1S/C13H18O3/c1-13(9-11(14)7-8-16-13)10-3-5-12(15-2)6-4-10/h3-6,11,14H,7-9H2,1-2H3. The highest BCUT2D eigenvalue weighted by Crippen LogP contribution is 2.35. The van der Waals surface area contributed by atoms with Crippen molar-refractivity contribution in [1.29, 1.82) is 0 Å². The summed E-state index contributed by atoms with van der Waals surface area (Å²) < 4.78 is 10.9. The number of aliphatic hydroxyl groups excluding tert-OH is 1. The second kappa shape index (κ2) is 4.44. The molecule has 1 aliphatic rings. The predicted octanol–water partition coefficient (Wildman–Crippen LogP) is 2.08. The Bertz CT molecular complexity index is 347.